The van der Waals surface area contributed by atoms with Gasteiger partial charge in [-0.2, -0.15) is 4.98 Å². The number of ether oxygens (including phenoxy) is 1. The van der Waals surface area contributed by atoms with Crippen molar-refractivity contribution in [2.45, 2.75) is 32.9 Å². The summed E-state index contributed by atoms with van der Waals surface area (Å²) in [5, 5.41) is 7.03. The second-order valence-electron chi connectivity index (χ2n) is 3.38. The minimum Gasteiger partial charge on any atom is -0.384 e. The molecule has 0 radical (unpaired) electrons. The van der Waals surface area contributed by atoms with Gasteiger partial charge in [-0.3, -0.25) is 0 Å². The molecule has 14 heavy (non-hydrogen) atoms. The van der Waals surface area contributed by atoms with Gasteiger partial charge in [0.1, 0.15) is 0 Å². The number of aromatic nitrogens is 2. The van der Waals surface area contributed by atoms with Gasteiger partial charge >= 0.3 is 0 Å². The highest BCUT2D eigenvalue weighted by molar-refractivity contribution is 4.86. The lowest BCUT2D eigenvalue weighted by Gasteiger charge is -2.02. The van der Waals surface area contributed by atoms with Crippen molar-refractivity contribution in [3.05, 3.63) is 11.7 Å². The molecule has 1 rings (SSSR count). The van der Waals surface area contributed by atoms with Crippen molar-refractivity contribution < 1.29 is 9.26 Å². The summed E-state index contributed by atoms with van der Waals surface area (Å²) in [5.74, 6) is 1.33. The van der Waals surface area contributed by atoms with Crippen molar-refractivity contribution >= 4 is 0 Å². The summed E-state index contributed by atoms with van der Waals surface area (Å²) in [5.41, 5.74) is 0. The van der Waals surface area contributed by atoms with Gasteiger partial charge < -0.3 is 14.6 Å². The molecule has 1 heterocycles. The minimum absolute atomic E-state index is 0.421. The average Bonchev–Trinajstić information content (AvgIpc) is 2.59. The summed E-state index contributed by atoms with van der Waals surface area (Å²) in [6.07, 6.45) is 0.696. The number of hydrogen-bond acceptors (Lipinski definition) is 5. The van der Waals surface area contributed by atoms with Gasteiger partial charge in [-0.05, 0) is 0 Å². The SMILES string of the molecule is COCCc1noc(CNC(C)C)n1. The molecule has 0 fully saturated rings. The van der Waals surface area contributed by atoms with Gasteiger partial charge in [0, 0.05) is 19.6 Å². The Hall–Kier alpha value is -0.940. The first-order valence-electron chi connectivity index (χ1n) is 4.76. The summed E-state index contributed by atoms with van der Waals surface area (Å²) in [6, 6.07) is 0.421. The lowest BCUT2D eigenvalue weighted by molar-refractivity contribution is 0.199. The summed E-state index contributed by atoms with van der Waals surface area (Å²) in [7, 11) is 1.65. The lowest BCUT2D eigenvalue weighted by Crippen LogP contribution is -2.21. The molecule has 1 aromatic heterocycles. The molecule has 0 aliphatic rings. The van der Waals surface area contributed by atoms with Crippen LogP contribution in [0.4, 0.5) is 0 Å². The Morgan fingerprint density at radius 1 is 1.50 bits per heavy atom. The molecule has 80 valence electrons. The highest BCUT2D eigenvalue weighted by atomic mass is 16.5. The molecule has 0 bridgehead atoms. The fraction of sp³-hybridized carbons (Fsp3) is 0.778. The fourth-order valence-electron chi connectivity index (χ4n) is 0.948. The van der Waals surface area contributed by atoms with Crippen molar-refractivity contribution in [3.63, 3.8) is 0 Å². The molecule has 0 unspecified atom stereocenters. The molecule has 0 aliphatic heterocycles. The topological polar surface area (TPSA) is 60.2 Å². The van der Waals surface area contributed by atoms with Crippen LogP contribution in [0.25, 0.3) is 0 Å². The zero-order valence-corrected chi connectivity index (χ0v) is 8.91. The zero-order valence-electron chi connectivity index (χ0n) is 8.91. The Bertz CT molecular complexity index is 260. The highest BCUT2D eigenvalue weighted by Gasteiger charge is 2.05. The smallest absolute Gasteiger partial charge is 0.240 e. The second kappa shape index (κ2) is 5.72. The van der Waals surface area contributed by atoms with Crippen LogP contribution in [0.1, 0.15) is 25.6 Å². The van der Waals surface area contributed by atoms with Gasteiger partial charge in [-0.15, -0.1) is 0 Å². The molecule has 0 atom stereocenters. The third-order valence-electron chi connectivity index (χ3n) is 1.70. The molecule has 0 spiro atoms. The number of methoxy groups -OCH3 is 1. The standard InChI is InChI=1S/C9H17N3O2/c1-7(2)10-6-9-11-8(12-14-9)4-5-13-3/h7,10H,4-6H2,1-3H3. The number of nitrogens with one attached hydrogen (secondary N) is 1. The molecule has 1 N–H and O–H groups in total. The molecule has 1 aromatic rings. The maximum Gasteiger partial charge on any atom is 0.240 e. The Balaban J connectivity index is 2.35. The van der Waals surface area contributed by atoms with Crippen LogP contribution < -0.4 is 5.32 Å². The summed E-state index contributed by atoms with van der Waals surface area (Å²) in [4.78, 5) is 4.20. The fourth-order valence-corrected chi connectivity index (χ4v) is 0.948. The molecule has 0 saturated heterocycles. The van der Waals surface area contributed by atoms with E-state index in [0.717, 1.165) is 0 Å². The predicted molar refractivity (Wildman–Crippen MR) is 51.9 cm³/mol. The van der Waals surface area contributed by atoms with Crippen molar-refractivity contribution in [1.82, 2.24) is 15.5 Å². The van der Waals surface area contributed by atoms with Crippen LogP contribution in [0, 0.1) is 0 Å². The van der Waals surface area contributed by atoms with Crippen molar-refractivity contribution in [2.75, 3.05) is 13.7 Å². The number of hydrogen-bond donors (Lipinski definition) is 1. The first-order chi connectivity index (χ1) is 6.72. The molecule has 0 aliphatic carbocycles. The highest BCUT2D eigenvalue weighted by Crippen LogP contribution is 1.98. The van der Waals surface area contributed by atoms with Crippen LogP contribution in [0.15, 0.2) is 4.52 Å². The lowest BCUT2D eigenvalue weighted by atomic mass is 10.4. The van der Waals surface area contributed by atoms with Gasteiger partial charge in [0.25, 0.3) is 0 Å². The van der Waals surface area contributed by atoms with Crippen LogP contribution in [0.2, 0.25) is 0 Å². The van der Waals surface area contributed by atoms with Gasteiger partial charge in [0.05, 0.1) is 13.2 Å². The Labute approximate surface area is 83.8 Å². The van der Waals surface area contributed by atoms with E-state index in [-0.39, 0.29) is 0 Å². The van der Waals surface area contributed by atoms with E-state index < -0.39 is 0 Å². The van der Waals surface area contributed by atoms with Gasteiger partial charge in [-0.1, -0.05) is 19.0 Å². The summed E-state index contributed by atoms with van der Waals surface area (Å²) >= 11 is 0. The van der Waals surface area contributed by atoms with E-state index in [4.69, 9.17) is 9.26 Å². The third-order valence-corrected chi connectivity index (χ3v) is 1.70. The monoisotopic (exact) mass is 199 g/mol. The van der Waals surface area contributed by atoms with Crippen LogP contribution in [0.5, 0.6) is 0 Å². The normalized spacial score (nSPS) is 11.1. The van der Waals surface area contributed by atoms with E-state index in [9.17, 15) is 0 Å². The van der Waals surface area contributed by atoms with E-state index in [0.29, 0.717) is 37.3 Å². The Kier molecular flexibility index (Phi) is 4.55. The van der Waals surface area contributed by atoms with E-state index >= 15 is 0 Å². The number of nitrogens with zero attached hydrogens (tertiary/aromatic N) is 2. The van der Waals surface area contributed by atoms with E-state index in [2.05, 4.69) is 29.3 Å². The average molecular weight is 199 g/mol. The van der Waals surface area contributed by atoms with E-state index in [1.807, 2.05) is 0 Å². The van der Waals surface area contributed by atoms with E-state index in [1.54, 1.807) is 7.11 Å². The van der Waals surface area contributed by atoms with Crippen molar-refractivity contribution in [3.8, 4) is 0 Å². The van der Waals surface area contributed by atoms with E-state index in [1.165, 1.54) is 0 Å². The van der Waals surface area contributed by atoms with Gasteiger partial charge in [0.2, 0.25) is 5.89 Å². The largest absolute Gasteiger partial charge is 0.384 e. The Morgan fingerprint density at radius 2 is 2.29 bits per heavy atom. The quantitative estimate of drug-likeness (QED) is 0.732. The van der Waals surface area contributed by atoms with Crippen molar-refractivity contribution in [2.24, 2.45) is 0 Å². The van der Waals surface area contributed by atoms with Crippen LogP contribution in [0.3, 0.4) is 0 Å². The van der Waals surface area contributed by atoms with Crippen molar-refractivity contribution in [1.29, 1.82) is 0 Å². The van der Waals surface area contributed by atoms with Gasteiger partial charge in [0.15, 0.2) is 5.82 Å². The first kappa shape index (κ1) is 11.1. The Morgan fingerprint density at radius 3 is 2.93 bits per heavy atom. The molecule has 5 nitrogen and oxygen atoms in total. The van der Waals surface area contributed by atoms with Gasteiger partial charge in [-0.25, -0.2) is 0 Å². The predicted octanol–water partition coefficient (Wildman–Crippen LogP) is 0.756. The molecule has 0 amide bonds. The zero-order chi connectivity index (χ0) is 10.4. The first-order valence-corrected chi connectivity index (χ1v) is 4.76. The molecule has 5 heteroatoms. The summed E-state index contributed by atoms with van der Waals surface area (Å²) in [6.45, 7) is 5.39. The van der Waals surface area contributed by atoms with Crippen LogP contribution in [-0.4, -0.2) is 29.9 Å². The molecule has 0 saturated carbocycles. The molecular weight excluding hydrogens is 182 g/mol. The molecule has 0 aromatic carbocycles. The minimum atomic E-state index is 0.421. The van der Waals surface area contributed by atoms with Crippen LogP contribution >= 0.6 is 0 Å². The number of rotatable bonds is 6. The molecular formula is C9H17N3O2. The third kappa shape index (κ3) is 3.85. The maximum absolute atomic E-state index is 5.03. The van der Waals surface area contributed by atoms with Crippen LogP contribution in [-0.2, 0) is 17.7 Å². The summed E-state index contributed by atoms with van der Waals surface area (Å²) < 4.78 is 9.95. The maximum atomic E-state index is 5.03. The second-order valence-corrected chi connectivity index (χ2v) is 3.38.